The summed E-state index contributed by atoms with van der Waals surface area (Å²) in [6.07, 6.45) is 0. The van der Waals surface area contributed by atoms with E-state index >= 15 is 0 Å². The number of amides is 2. The Morgan fingerprint density at radius 2 is 2.04 bits per heavy atom. The van der Waals surface area contributed by atoms with Gasteiger partial charge < -0.3 is 10.6 Å². The van der Waals surface area contributed by atoms with Gasteiger partial charge in [-0.1, -0.05) is 6.07 Å². The van der Waals surface area contributed by atoms with Crippen LogP contribution in [0.15, 0.2) is 40.2 Å². The van der Waals surface area contributed by atoms with E-state index in [9.17, 15) is 9.59 Å². The molecule has 1 aromatic carbocycles. The first-order valence-electron chi connectivity index (χ1n) is 7.02. The van der Waals surface area contributed by atoms with Gasteiger partial charge in [-0.3, -0.25) is 14.5 Å². The third-order valence-electron chi connectivity index (χ3n) is 3.10. The zero-order chi connectivity index (χ0) is 16.8. The van der Waals surface area contributed by atoms with E-state index in [2.05, 4.69) is 26.6 Å². The minimum absolute atomic E-state index is 0.114. The van der Waals surface area contributed by atoms with Crippen LogP contribution in [0, 0.1) is 0 Å². The Bertz CT molecular complexity index is 702. The second-order valence-electron chi connectivity index (χ2n) is 5.09. The van der Waals surface area contributed by atoms with Crippen LogP contribution in [0.1, 0.15) is 15.2 Å². The van der Waals surface area contributed by atoms with Crippen LogP contribution in [-0.4, -0.2) is 37.4 Å². The predicted molar refractivity (Wildman–Crippen MR) is 96.8 cm³/mol. The van der Waals surface area contributed by atoms with Crippen molar-refractivity contribution >= 4 is 44.8 Å². The summed E-state index contributed by atoms with van der Waals surface area (Å²) >= 11 is 5.08. The van der Waals surface area contributed by atoms with E-state index in [1.807, 2.05) is 24.1 Å². The fourth-order valence-electron chi connectivity index (χ4n) is 2.09. The van der Waals surface area contributed by atoms with Gasteiger partial charge in [0.05, 0.1) is 10.3 Å². The molecular formula is C16H18BrN3O2S. The summed E-state index contributed by atoms with van der Waals surface area (Å²) in [6.45, 7) is 0.988. The van der Waals surface area contributed by atoms with Crippen molar-refractivity contribution in [2.75, 3.05) is 26.0 Å². The summed E-state index contributed by atoms with van der Waals surface area (Å²) in [5, 5.41) is 5.38. The standard InChI is InChI=1S/C16H18BrN3O2S/c1-18-16(22)11-4-3-5-12(8-11)19-15(21)10-20(2)9-13-6-7-14(17)23-13/h3-8H,9-10H2,1-2H3,(H,18,22)(H,19,21). The molecule has 1 heterocycles. The van der Waals surface area contributed by atoms with E-state index in [1.165, 1.54) is 4.88 Å². The molecule has 2 rings (SSSR count). The van der Waals surface area contributed by atoms with E-state index in [0.29, 0.717) is 17.8 Å². The number of benzene rings is 1. The number of rotatable bonds is 6. The molecule has 2 N–H and O–H groups in total. The van der Waals surface area contributed by atoms with E-state index < -0.39 is 0 Å². The maximum absolute atomic E-state index is 12.1. The molecule has 122 valence electrons. The first-order chi connectivity index (χ1) is 11.0. The smallest absolute Gasteiger partial charge is 0.251 e. The number of nitrogens with zero attached hydrogens (tertiary/aromatic N) is 1. The Labute approximate surface area is 147 Å². The Kier molecular flexibility index (Phi) is 6.32. The van der Waals surface area contributed by atoms with Crippen LogP contribution in [0.3, 0.4) is 0 Å². The Hall–Kier alpha value is -1.70. The number of hydrogen-bond acceptors (Lipinski definition) is 4. The predicted octanol–water partition coefficient (Wildman–Crippen LogP) is 2.94. The van der Waals surface area contributed by atoms with Crippen molar-refractivity contribution in [1.29, 1.82) is 0 Å². The van der Waals surface area contributed by atoms with Crippen molar-refractivity contribution in [2.24, 2.45) is 0 Å². The van der Waals surface area contributed by atoms with Crippen LogP contribution in [0.2, 0.25) is 0 Å². The molecule has 0 spiro atoms. The van der Waals surface area contributed by atoms with Gasteiger partial charge in [0.2, 0.25) is 5.91 Å². The largest absolute Gasteiger partial charge is 0.355 e. The quantitative estimate of drug-likeness (QED) is 0.790. The molecule has 2 aromatic rings. The van der Waals surface area contributed by atoms with Crippen molar-refractivity contribution in [3.05, 3.63) is 50.6 Å². The van der Waals surface area contributed by atoms with Gasteiger partial charge in [0.15, 0.2) is 0 Å². The van der Waals surface area contributed by atoms with Crippen molar-refractivity contribution in [1.82, 2.24) is 10.2 Å². The highest BCUT2D eigenvalue weighted by Crippen LogP contribution is 2.22. The van der Waals surface area contributed by atoms with E-state index in [-0.39, 0.29) is 18.4 Å². The minimum atomic E-state index is -0.179. The van der Waals surface area contributed by atoms with Gasteiger partial charge in [-0.25, -0.2) is 0 Å². The fraction of sp³-hybridized carbons (Fsp3) is 0.250. The molecule has 1 aromatic heterocycles. The first kappa shape index (κ1) is 17.7. The number of nitrogens with one attached hydrogen (secondary N) is 2. The van der Waals surface area contributed by atoms with Gasteiger partial charge in [-0.05, 0) is 53.3 Å². The zero-order valence-corrected chi connectivity index (χ0v) is 15.3. The molecule has 7 heteroatoms. The van der Waals surface area contributed by atoms with Gasteiger partial charge in [0, 0.05) is 29.7 Å². The molecule has 0 atom stereocenters. The second kappa shape index (κ2) is 8.24. The van der Waals surface area contributed by atoms with Crippen LogP contribution in [0.25, 0.3) is 0 Å². The molecule has 0 saturated carbocycles. The van der Waals surface area contributed by atoms with Crippen LogP contribution < -0.4 is 10.6 Å². The van der Waals surface area contributed by atoms with Gasteiger partial charge >= 0.3 is 0 Å². The number of anilines is 1. The molecule has 0 aliphatic rings. The summed E-state index contributed by atoms with van der Waals surface area (Å²) in [5.74, 6) is -0.293. The Morgan fingerprint density at radius 1 is 1.26 bits per heavy atom. The summed E-state index contributed by atoms with van der Waals surface area (Å²) in [4.78, 5) is 26.8. The third kappa shape index (κ3) is 5.46. The van der Waals surface area contributed by atoms with Crippen LogP contribution >= 0.6 is 27.3 Å². The fourth-order valence-corrected chi connectivity index (χ4v) is 3.65. The maximum Gasteiger partial charge on any atom is 0.251 e. The number of carbonyl (C=O) groups excluding carboxylic acids is 2. The lowest BCUT2D eigenvalue weighted by atomic mass is 10.2. The first-order valence-corrected chi connectivity index (χ1v) is 8.63. The lowest BCUT2D eigenvalue weighted by Crippen LogP contribution is -2.29. The number of hydrogen-bond donors (Lipinski definition) is 2. The molecule has 0 radical (unpaired) electrons. The molecule has 0 aliphatic heterocycles. The summed E-state index contributed by atoms with van der Waals surface area (Å²) in [7, 11) is 3.47. The lowest BCUT2D eigenvalue weighted by molar-refractivity contribution is -0.117. The molecule has 0 aliphatic carbocycles. The van der Waals surface area contributed by atoms with Gasteiger partial charge in [-0.15, -0.1) is 11.3 Å². The van der Waals surface area contributed by atoms with Gasteiger partial charge in [0.25, 0.3) is 5.91 Å². The number of thiophene rings is 1. The zero-order valence-electron chi connectivity index (χ0n) is 12.9. The SMILES string of the molecule is CNC(=O)c1cccc(NC(=O)CN(C)Cc2ccc(Br)s2)c1. The van der Waals surface area contributed by atoms with Crippen molar-refractivity contribution in [2.45, 2.75) is 6.54 Å². The normalized spacial score (nSPS) is 10.6. The molecule has 0 bridgehead atoms. The second-order valence-corrected chi connectivity index (χ2v) is 7.63. The van der Waals surface area contributed by atoms with E-state index in [0.717, 1.165) is 3.79 Å². The van der Waals surface area contributed by atoms with Crippen LogP contribution in [-0.2, 0) is 11.3 Å². The van der Waals surface area contributed by atoms with Crippen LogP contribution in [0.4, 0.5) is 5.69 Å². The van der Waals surface area contributed by atoms with Gasteiger partial charge in [0.1, 0.15) is 0 Å². The van der Waals surface area contributed by atoms with E-state index in [4.69, 9.17) is 0 Å². The highest BCUT2D eigenvalue weighted by atomic mass is 79.9. The lowest BCUT2D eigenvalue weighted by Gasteiger charge is -2.15. The minimum Gasteiger partial charge on any atom is -0.355 e. The van der Waals surface area contributed by atoms with Crippen LogP contribution in [0.5, 0.6) is 0 Å². The Morgan fingerprint density at radius 3 is 2.70 bits per heavy atom. The highest BCUT2D eigenvalue weighted by molar-refractivity contribution is 9.11. The summed E-state index contributed by atoms with van der Waals surface area (Å²) in [6, 6.07) is 10.9. The average Bonchev–Trinajstić information content (AvgIpc) is 2.91. The molecule has 0 saturated heterocycles. The third-order valence-corrected chi connectivity index (χ3v) is 4.71. The highest BCUT2D eigenvalue weighted by Gasteiger charge is 2.10. The molecule has 0 fully saturated rings. The summed E-state index contributed by atoms with van der Waals surface area (Å²) < 4.78 is 1.08. The number of carbonyl (C=O) groups is 2. The maximum atomic E-state index is 12.1. The van der Waals surface area contributed by atoms with Gasteiger partial charge in [-0.2, -0.15) is 0 Å². The van der Waals surface area contributed by atoms with Crippen molar-refractivity contribution in [3.8, 4) is 0 Å². The topological polar surface area (TPSA) is 61.4 Å². The Balaban J connectivity index is 1.90. The van der Waals surface area contributed by atoms with Crippen molar-refractivity contribution < 1.29 is 9.59 Å². The molecule has 23 heavy (non-hydrogen) atoms. The van der Waals surface area contributed by atoms with E-state index in [1.54, 1.807) is 42.6 Å². The number of halogens is 1. The summed E-state index contributed by atoms with van der Waals surface area (Å²) in [5.41, 5.74) is 1.13. The molecule has 0 unspecified atom stereocenters. The molecule has 2 amide bonds. The van der Waals surface area contributed by atoms with Crippen molar-refractivity contribution in [3.63, 3.8) is 0 Å². The molecule has 5 nitrogen and oxygen atoms in total. The average molecular weight is 396 g/mol. The number of likely N-dealkylation sites (N-methyl/N-ethyl adjacent to an activating group) is 1. The monoisotopic (exact) mass is 395 g/mol. The molecular weight excluding hydrogens is 378 g/mol.